The molecule has 2 amide bonds. The molecule has 1 aliphatic rings. The van der Waals surface area contributed by atoms with Crippen LogP contribution in [-0.4, -0.2) is 41.1 Å². The minimum absolute atomic E-state index is 0.0165. The van der Waals surface area contributed by atoms with Crippen molar-refractivity contribution >= 4 is 17.7 Å². The molecule has 1 heterocycles. The summed E-state index contributed by atoms with van der Waals surface area (Å²) in [6.07, 6.45) is -2.81. The van der Waals surface area contributed by atoms with E-state index >= 15 is 0 Å². The van der Waals surface area contributed by atoms with Gasteiger partial charge in [-0.3, -0.25) is 9.69 Å². The van der Waals surface area contributed by atoms with Crippen LogP contribution in [0.4, 0.5) is 23.7 Å². The van der Waals surface area contributed by atoms with Gasteiger partial charge in [0.1, 0.15) is 0 Å². The number of benzene rings is 2. The number of carbonyl (C=O) groups excluding carboxylic acids is 1. The highest BCUT2D eigenvalue weighted by atomic mass is 19.4. The first-order valence-electron chi connectivity index (χ1n) is 9.84. The number of likely N-dealkylation sites (tertiary alicyclic amines) is 1. The zero-order valence-electron chi connectivity index (χ0n) is 17.2. The molecule has 3 N–H and O–H groups in total. The third-order valence-corrected chi connectivity index (χ3v) is 4.62. The minimum atomic E-state index is -4.43. The summed E-state index contributed by atoms with van der Waals surface area (Å²) in [5, 5.41) is 12.8. The molecular weight excluding hydrogens is 411 g/mol. The number of anilines is 1. The van der Waals surface area contributed by atoms with E-state index in [9.17, 15) is 18.0 Å². The average Bonchev–Trinajstić information content (AvgIpc) is 2.69. The summed E-state index contributed by atoms with van der Waals surface area (Å²) in [4.78, 5) is 23.4. The molecule has 2 aromatic rings. The Morgan fingerprint density at radius 2 is 1.68 bits per heavy atom. The van der Waals surface area contributed by atoms with Crippen LogP contribution in [0.3, 0.4) is 0 Å². The molecule has 0 atom stereocenters. The molecule has 0 spiro atoms. The number of piperidine rings is 1. The topological polar surface area (TPSA) is 81.7 Å². The zero-order valence-corrected chi connectivity index (χ0v) is 17.2. The van der Waals surface area contributed by atoms with E-state index in [-0.39, 0.29) is 11.7 Å². The van der Waals surface area contributed by atoms with Gasteiger partial charge in [0, 0.05) is 38.3 Å². The van der Waals surface area contributed by atoms with Crippen molar-refractivity contribution in [1.29, 1.82) is 0 Å². The number of urea groups is 1. The van der Waals surface area contributed by atoms with Gasteiger partial charge in [-0.05, 0) is 36.6 Å². The highest BCUT2D eigenvalue weighted by Gasteiger charge is 2.30. The minimum Gasteiger partial charge on any atom is -0.481 e. The monoisotopic (exact) mass is 437 g/mol. The predicted molar refractivity (Wildman–Crippen MR) is 112 cm³/mol. The molecule has 2 aromatic carbocycles. The van der Waals surface area contributed by atoms with Gasteiger partial charge in [-0.15, -0.1) is 0 Å². The fourth-order valence-corrected chi connectivity index (χ4v) is 3.20. The van der Waals surface area contributed by atoms with Crippen molar-refractivity contribution in [2.24, 2.45) is 0 Å². The predicted octanol–water partition coefficient (Wildman–Crippen LogP) is 4.58. The molecule has 0 unspecified atom stereocenters. The first-order valence-corrected chi connectivity index (χ1v) is 9.84. The summed E-state index contributed by atoms with van der Waals surface area (Å²) < 4.78 is 38.2. The van der Waals surface area contributed by atoms with Crippen LogP contribution in [0.25, 0.3) is 0 Å². The lowest BCUT2D eigenvalue weighted by Crippen LogP contribution is -2.45. The van der Waals surface area contributed by atoms with E-state index in [0.717, 1.165) is 51.5 Å². The summed E-state index contributed by atoms with van der Waals surface area (Å²) in [7, 11) is 0. The number of rotatable bonds is 4. The van der Waals surface area contributed by atoms with Crippen LogP contribution in [0.5, 0.6) is 0 Å². The van der Waals surface area contributed by atoms with Crippen molar-refractivity contribution < 1.29 is 27.9 Å². The van der Waals surface area contributed by atoms with Gasteiger partial charge in [0.25, 0.3) is 5.97 Å². The number of nitrogens with one attached hydrogen (secondary N) is 2. The van der Waals surface area contributed by atoms with Gasteiger partial charge >= 0.3 is 12.2 Å². The first kappa shape index (κ1) is 24.2. The lowest BCUT2D eigenvalue weighted by Gasteiger charge is -2.32. The number of amides is 2. The molecule has 0 aromatic heterocycles. The average molecular weight is 437 g/mol. The normalized spacial score (nSPS) is 14.8. The largest absolute Gasteiger partial charge is 0.481 e. The van der Waals surface area contributed by atoms with Gasteiger partial charge < -0.3 is 15.7 Å². The number of aliphatic carboxylic acids is 1. The molecule has 31 heavy (non-hydrogen) atoms. The van der Waals surface area contributed by atoms with Crippen LogP contribution in [0.1, 0.15) is 30.9 Å². The maximum Gasteiger partial charge on any atom is 0.416 e. The Morgan fingerprint density at radius 3 is 2.26 bits per heavy atom. The number of nitrogens with zero attached hydrogens (tertiary/aromatic N) is 1. The molecule has 0 radical (unpaired) electrons. The van der Waals surface area contributed by atoms with Crippen molar-refractivity contribution in [2.45, 2.75) is 38.5 Å². The van der Waals surface area contributed by atoms with E-state index in [1.54, 1.807) is 0 Å². The summed E-state index contributed by atoms with van der Waals surface area (Å²) in [5.41, 5.74) is 0.601. The lowest BCUT2D eigenvalue weighted by atomic mass is 10.0. The third kappa shape index (κ3) is 9.08. The Labute approximate surface area is 179 Å². The Kier molecular flexibility index (Phi) is 8.87. The van der Waals surface area contributed by atoms with Crippen LogP contribution in [-0.2, 0) is 17.5 Å². The van der Waals surface area contributed by atoms with Crippen LogP contribution in [0.15, 0.2) is 54.6 Å². The molecule has 3 rings (SSSR count). The second kappa shape index (κ2) is 11.4. The van der Waals surface area contributed by atoms with E-state index in [1.807, 2.05) is 18.2 Å². The highest BCUT2D eigenvalue weighted by Crippen LogP contribution is 2.30. The van der Waals surface area contributed by atoms with E-state index in [1.165, 1.54) is 17.7 Å². The SMILES string of the molecule is CC(=O)O.O=C(Nc1cccc(C(F)(F)F)c1)NC1CCN(Cc2ccccc2)CC1. The van der Waals surface area contributed by atoms with E-state index in [2.05, 4.69) is 27.7 Å². The molecule has 1 aliphatic heterocycles. The summed E-state index contributed by atoms with van der Waals surface area (Å²) in [6, 6.07) is 14.4. The Hall–Kier alpha value is -3.07. The molecular formula is C22H26F3N3O3. The second-order valence-corrected chi connectivity index (χ2v) is 7.23. The van der Waals surface area contributed by atoms with Gasteiger partial charge in [0.2, 0.25) is 0 Å². The fraction of sp³-hybridized carbons (Fsp3) is 0.364. The van der Waals surface area contributed by atoms with Crippen LogP contribution in [0, 0.1) is 0 Å². The Bertz CT molecular complexity index is 848. The maximum atomic E-state index is 12.7. The molecule has 9 heteroatoms. The summed E-state index contributed by atoms with van der Waals surface area (Å²) in [6.45, 7) is 3.69. The fourth-order valence-electron chi connectivity index (χ4n) is 3.20. The second-order valence-electron chi connectivity index (χ2n) is 7.23. The van der Waals surface area contributed by atoms with E-state index < -0.39 is 23.7 Å². The smallest absolute Gasteiger partial charge is 0.416 e. The van der Waals surface area contributed by atoms with E-state index in [4.69, 9.17) is 9.90 Å². The van der Waals surface area contributed by atoms with E-state index in [0.29, 0.717) is 0 Å². The number of hydrogen-bond donors (Lipinski definition) is 3. The number of halogens is 3. The first-order chi connectivity index (χ1) is 14.6. The van der Waals surface area contributed by atoms with Crippen molar-refractivity contribution in [3.63, 3.8) is 0 Å². The number of hydrogen-bond acceptors (Lipinski definition) is 3. The Balaban J connectivity index is 0.000000785. The molecule has 168 valence electrons. The van der Waals surface area contributed by atoms with Crippen LogP contribution < -0.4 is 10.6 Å². The molecule has 6 nitrogen and oxygen atoms in total. The molecule has 0 bridgehead atoms. The maximum absolute atomic E-state index is 12.7. The van der Waals surface area contributed by atoms with Gasteiger partial charge in [-0.2, -0.15) is 13.2 Å². The van der Waals surface area contributed by atoms with Crippen LogP contribution in [0.2, 0.25) is 0 Å². The standard InChI is InChI=1S/C20H22F3N3O.C2H4O2/c21-20(22,23)16-7-4-8-18(13-16)25-19(27)24-17-9-11-26(12-10-17)14-15-5-2-1-3-6-15;1-2(3)4/h1-8,13,17H,9-12,14H2,(H2,24,25,27);1H3,(H,3,4). The highest BCUT2D eigenvalue weighted by molar-refractivity contribution is 5.89. The molecule has 1 fully saturated rings. The Morgan fingerprint density at radius 1 is 1.06 bits per heavy atom. The zero-order chi connectivity index (χ0) is 22.9. The number of carboxylic acid groups (broad SMARTS) is 1. The summed E-state index contributed by atoms with van der Waals surface area (Å²) in [5.74, 6) is -0.833. The van der Waals surface area contributed by atoms with Gasteiger partial charge in [0.05, 0.1) is 5.56 Å². The number of carboxylic acids is 1. The molecule has 1 saturated heterocycles. The van der Waals surface area contributed by atoms with Gasteiger partial charge in [-0.25, -0.2) is 4.79 Å². The van der Waals surface area contributed by atoms with Crippen molar-refractivity contribution in [3.8, 4) is 0 Å². The molecule has 0 aliphatic carbocycles. The number of carbonyl (C=O) groups is 2. The van der Waals surface area contributed by atoms with Gasteiger partial charge in [-0.1, -0.05) is 36.4 Å². The van der Waals surface area contributed by atoms with Crippen molar-refractivity contribution in [1.82, 2.24) is 10.2 Å². The quantitative estimate of drug-likeness (QED) is 0.654. The lowest BCUT2D eigenvalue weighted by molar-refractivity contribution is -0.137. The molecule has 0 saturated carbocycles. The number of alkyl halides is 3. The summed E-state index contributed by atoms with van der Waals surface area (Å²) >= 11 is 0. The van der Waals surface area contributed by atoms with Crippen molar-refractivity contribution in [2.75, 3.05) is 18.4 Å². The third-order valence-electron chi connectivity index (χ3n) is 4.62. The van der Waals surface area contributed by atoms with Crippen LogP contribution >= 0.6 is 0 Å². The van der Waals surface area contributed by atoms with Crippen molar-refractivity contribution in [3.05, 3.63) is 65.7 Å². The van der Waals surface area contributed by atoms with Gasteiger partial charge in [0.15, 0.2) is 0 Å².